The Morgan fingerprint density at radius 1 is 1.63 bits per heavy atom. The highest BCUT2D eigenvalue weighted by Gasteiger charge is 2.30. The average molecular weight is 260 g/mol. The van der Waals surface area contributed by atoms with E-state index in [1.54, 1.807) is 25.4 Å². The molecule has 1 aliphatic rings. The number of nitrogens with zero attached hydrogens (tertiary/aromatic N) is 4. The molecule has 1 aromatic rings. The first-order valence-corrected chi connectivity index (χ1v) is 6.45. The highest BCUT2D eigenvalue weighted by atomic mass is 16.5. The van der Waals surface area contributed by atoms with Crippen molar-refractivity contribution >= 4 is 5.82 Å². The van der Waals surface area contributed by atoms with Crippen molar-refractivity contribution in [1.82, 2.24) is 9.88 Å². The van der Waals surface area contributed by atoms with Crippen molar-refractivity contribution in [2.24, 2.45) is 0 Å². The van der Waals surface area contributed by atoms with Crippen LogP contribution in [0.3, 0.4) is 0 Å². The first kappa shape index (κ1) is 13.8. The Hall–Kier alpha value is -1.64. The van der Waals surface area contributed by atoms with Crippen molar-refractivity contribution in [3.63, 3.8) is 0 Å². The lowest BCUT2D eigenvalue weighted by Gasteiger charge is -2.26. The second kappa shape index (κ2) is 6.00. The number of likely N-dealkylation sites (N-methyl/N-ethyl adjacent to an activating group) is 2. The van der Waals surface area contributed by atoms with Gasteiger partial charge < -0.3 is 9.64 Å². The Bertz CT molecular complexity index is 471. The third kappa shape index (κ3) is 3.03. The molecule has 5 heteroatoms. The molecule has 0 spiro atoms. The van der Waals surface area contributed by atoms with E-state index < -0.39 is 0 Å². The second-order valence-electron chi connectivity index (χ2n) is 5.05. The molecule has 1 aromatic heterocycles. The van der Waals surface area contributed by atoms with Gasteiger partial charge >= 0.3 is 0 Å². The third-order valence-corrected chi connectivity index (χ3v) is 3.74. The number of pyridine rings is 1. The standard InChI is InChI=1S/C14H20N4O/c1-17-10-13(19-3)7-12(17)9-18(2)14-11(8-15)5-4-6-16-14/h4-6,12-13H,7,9-10H2,1-3H3/t12-,13-/m0/s1. The van der Waals surface area contributed by atoms with Crippen LogP contribution in [0.5, 0.6) is 0 Å². The minimum Gasteiger partial charge on any atom is -0.380 e. The van der Waals surface area contributed by atoms with Gasteiger partial charge in [-0.2, -0.15) is 5.26 Å². The number of anilines is 1. The molecule has 0 aromatic carbocycles. The number of hydrogen-bond donors (Lipinski definition) is 0. The fourth-order valence-corrected chi connectivity index (χ4v) is 2.60. The summed E-state index contributed by atoms with van der Waals surface area (Å²) in [4.78, 5) is 8.67. The maximum atomic E-state index is 9.11. The fraction of sp³-hybridized carbons (Fsp3) is 0.571. The lowest BCUT2D eigenvalue weighted by Crippen LogP contribution is -2.37. The van der Waals surface area contributed by atoms with E-state index in [-0.39, 0.29) is 0 Å². The van der Waals surface area contributed by atoms with Crippen LogP contribution >= 0.6 is 0 Å². The molecule has 2 rings (SSSR count). The van der Waals surface area contributed by atoms with Crippen LogP contribution < -0.4 is 4.90 Å². The van der Waals surface area contributed by atoms with Gasteiger partial charge in [0.15, 0.2) is 0 Å². The first-order chi connectivity index (χ1) is 9.15. The van der Waals surface area contributed by atoms with Crippen LogP contribution in [0.4, 0.5) is 5.82 Å². The molecular weight excluding hydrogens is 240 g/mol. The molecule has 102 valence electrons. The van der Waals surface area contributed by atoms with Gasteiger partial charge in [0.25, 0.3) is 0 Å². The van der Waals surface area contributed by atoms with Crippen molar-refractivity contribution < 1.29 is 4.74 Å². The molecule has 2 heterocycles. The summed E-state index contributed by atoms with van der Waals surface area (Å²) in [7, 11) is 5.86. The van der Waals surface area contributed by atoms with Gasteiger partial charge in [0.2, 0.25) is 0 Å². The van der Waals surface area contributed by atoms with E-state index in [0.29, 0.717) is 17.7 Å². The Morgan fingerprint density at radius 2 is 2.42 bits per heavy atom. The summed E-state index contributed by atoms with van der Waals surface area (Å²) in [6.07, 6.45) is 3.05. The maximum Gasteiger partial charge on any atom is 0.146 e. The van der Waals surface area contributed by atoms with Crippen LogP contribution in [0.25, 0.3) is 0 Å². The molecule has 0 unspecified atom stereocenters. The van der Waals surface area contributed by atoms with E-state index in [0.717, 1.165) is 25.3 Å². The van der Waals surface area contributed by atoms with Crippen LogP contribution in [0.1, 0.15) is 12.0 Å². The summed E-state index contributed by atoms with van der Waals surface area (Å²) in [5.41, 5.74) is 0.619. The number of methoxy groups -OCH3 is 1. The molecule has 2 atom stereocenters. The molecule has 0 N–H and O–H groups in total. The number of aromatic nitrogens is 1. The Morgan fingerprint density at radius 3 is 3.05 bits per heavy atom. The largest absolute Gasteiger partial charge is 0.380 e. The monoisotopic (exact) mass is 260 g/mol. The maximum absolute atomic E-state index is 9.11. The Balaban J connectivity index is 2.05. The van der Waals surface area contributed by atoms with Gasteiger partial charge in [-0.1, -0.05) is 0 Å². The highest BCUT2D eigenvalue weighted by Crippen LogP contribution is 2.21. The Kier molecular flexibility index (Phi) is 4.35. The molecule has 0 radical (unpaired) electrons. The zero-order valence-corrected chi connectivity index (χ0v) is 11.7. The molecule has 19 heavy (non-hydrogen) atoms. The number of rotatable bonds is 4. The first-order valence-electron chi connectivity index (χ1n) is 6.45. The van der Waals surface area contributed by atoms with Gasteiger partial charge in [0.05, 0.1) is 11.7 Å². The smallest absolute Gasteiger partial charge is 0.146 e. The fourth-order valence-electron chi connectivity index (χ4n) is 2.60. The topological polar surface area (TPSA) is 52.4 Å². The Labute approximate surface area is 114 Å². The summed E-state index contributed by atoms with van der Waals surface area (Å²) < 4.78 is 5.42. The molecule has 0 aliphatic carbocycles. The molecule has 0 saturated carbocycles. The molecule has 0 bridgehead atoms. The highest BCUT2D eigenvalue weighted by molar-refractivity contribution is 5.52. The van der Waals surface area contributed by atoms with Crippen LogP contribution in [-0.2, 0) is 4.74 Å². The van der Waals surface area contributed by atoms with Crippen molar-refractivity contribution in [3.05, 3.63) is 23.9 Å². The summed E-state index contributed by atoms with van der Waals surface area (Å²) >= 11 is 0. The molecular formula is C14H20N4O. The van der Waals surface area contributed by atoms with Crippen LogP contribution in [0.15, 0.2) is 18.3 Å². The van der Waals surface area contributed by atoms with E-state index in [4.69, 9.17) is 10.00 Å². The predicted molar refractivity (Wildman–Crippen MR) is 74.1 cm³/mol. The number of hydrogen-bond acceptors (Lipinski definition) is 5. The van der Waals surface area contributed by atoms with Crippen molar-refractivity contribution in [1.29, 1.82) is 5.26 Å². The molecule has 0 amide bonds. The number of likely N-dealkylation sites (tertiary alicyclic amines) is 1. The lowest BCUT2D eigenvalue weighted by atomic mass is 10.2. The summed E-state index contributed by atoms with van der Waals surface area (Å²) in [6, 6.07) is 6.21. The third-order valence-electron chi connectivity index (χ3n) is 3.74. The quantitative estimate of drug-likeness (QED) is 0.811. The summed E-state index contributed by atoms with van der Waals surface area (Å²) in [6.45, 7) is 1.81. The number of nitriles is 1. The van der Waals surface area contributed by atoms with Gasteiger partial charge in [-0.3, -0.25) is 4.90 Å². The van der Waals surface area contributed by atoms with Crippen molar-refractivity contribution in [2.75, 3.05) is 39.2 Å². The second-order valence-corrected chi connectivity index (χ2v) is 5.05. The normalized spacial score (nSPS) is 23.3. The summed E-state index contributed by atoms with van der Waals surface area (Å²) in [5.74, 6) is 0.749. The van der Waals surface area contributed by atoms with E-state index in [1.165, 1.54) is 0 Å². The van der Waals surface area contributed by atoms with Gasteiger partial charge in [0.1, 0.15) is 11.9 Å². The van der Waals surface area contributed by atoms with E-state index in [1.807, 2.05) is 7.05 Å². The molecule has 5 nitrogen and oxygen atoms in total. The van der Waals surface area contributed by atoms with Crippen molar-refractivity contribution in [2.45, 2.75) is 18.6 Å². The van der Waals surface area contributed by atoms with E-state index >= 15 is 0 Å². The SMILES string of the molecule is CO[C@H]1C[C@@H](CN(C)c2ncccc2C#N)N(C)C1. The van der Waals surface area contributed by atoms with Crippen LogP contribution in [-0.4, -0.2) is 56.3 Å². The van der Waals surface area contributed by atoms with Crippen molar-refractivity contribution in [3.8, 4) is 6.07 Å². The zero-order valence-electron chi connectivity index (χ0n) is 11.7. The van der Waals surface area contributed by atoms with E-state index in [9.17, 15) is 0 Å². The van der Waals surface area contributed by atoms with Gasteiger partial charge in [0, 0.05) is 39.5 Å². The summed E-state index contributed by atoms with van der Waals surface area (Å²) in [5, 5.41) is 9.11. The minimum atomic E-state index is 0.308. The van der Waals surface area contributed by atoms with Crippen LogP contribution in [0, 0.1) is 11.3 Å². The number of ether oxygens (including phenoxy) is 1. The molecule has 1 saturated heterocycles. The van der Waals surface area contributed by atoms with Gasteiger partial charge in [-0.15, -0.1) is 0 Å². The molecule has 1 aliphatic heterocycles. The molecule has 1 fully saturated rings. The predicted octanol–water partition coefficient (Wildman–Crippen LogP) is 1.11. The minimum absolute atomic E-state index is 0.308. The lowest BCUT2D eigenvalue weighted by molar-refractivity contribution is 0.111. The van der Waals surface area contributed by atoms with Gasteiger partial charge in [-0.25, -0.2) is 4.98 Å². The van der Waals surface area contributed by atoms with Gasteiger partial charge in [-0.05, 0) is 25.6 Å². The zero-order chi connectivity index (χ0) is 13.8. The van der Waals surface area contributed by atoms with Crippen LogP contribution in [0.2, 0.25) is 0 Å². The average Bonchev–Trinajstić information content (AvgIpc) is 2.79. The van der Waals surface area contributed by atoms with E-state index in [2.05, 4.69) is 27.9 Å².